The lowest BCUT2D eigenvalue weighted by atomic mass is 9.84. The molecule has 1 rings (SSSR count). The maximum atomic E-state index is 10.5. The van der Waals surface area contributed by atoms with E-state index in [0.29, 0.717) is 5.92 Å². The molecule has 1 nitrogen and oxygen atoms in total. The molecule has 1 heteroatoms. The predicted octanol–water partition coefficient (Wildman–Crippen LogP) is 3.95. The van der Waals surface area contributed by atoms with Crippen LogP contribution in [-0.2, 0) is 5.60 Å². The van der Waals surface area contributed by atoms with Gasteiger partial charge in [-0.1, -0.05) is 49.6 Å². The van der Waals surface area contributed by atoms with Gasteiger partial charge in [-0.3, -0.25) is 0 Å². The average Bonchev–Trinajstić information content (AvgIpc) is 2.15. The first kappa shape index (κ1) is 13.2. The number of hydrogen-bond acceptors (Lipinski definition) is 1. The van der Waals surface area contributed by atoms with E-state index in [1.807, 2.05) is 6.92 Å². The number of aliphatic hydroxyl groups is 1. The quantitative estimate of drug-likeness (QED) is 0.814. The van der Waals surface area contributed by atoms with Gasteiger partial charge < -0.3 is 5.11 Å². The van der Waals surface area contributed by atoms with Crippen molar-refractivity contribution in [2.75, 3.05) is 0 Å². The summed E-state index contributed by atoms with van der Waals surface area (Å²) in [5.41, 5.74) is 2.79. The molecule has 1 N–H and O–H groups in total. The fourth-order valence-electron chi connectivity index (χ4n) is 2.23. The van der Waals surface area contributed by atoms with Crippen LogP contribution in [0.1, 0.15) is 50.3 Å². The van der Waals surface area contributed by atoms with Gasteiger partial charge in [0.15, 0.2) is 0 Å². The van der Waals surface area contributed by atoms with Crippen molar-refractivity contribution < 1.29 is 5.11 Å². The second-order valence-electron chi connectivity index (χ2n) is 5.37. The first-order valence-corrected chi connectivity index (χ1v) is 6.16. The lowest BCUT2D eigenvalue weighted by Gasteiger charge is -2.27. The summed E-state index contributed by atoms with van der Waals surface area (Å²) in [4.78, 5) is 0. The van der Waals surface area contributed by atoms with Gasteiger partial charge in [-0.15, -0.1) is 0 Å². The van der Waals surface area contributed by atoms with Gasteiger partial charge in [0, 0.05) is 0 Å². The van der Waals surface area contributed by atoms with E-state index in [4.69, 9.17) is 0 Å². The zero-order valence-electron chi connectivity index (χ0n) is 11.2. The van der Waals surface area contributed by atoms with Crippen molar-refractivity contribution >= 4 is 0 Å². The molecule has 1 aromatic carbocycles. The van der Waals surface area contributed by atoms with Crippen LogP contribution >= 0.6 is 0 Å². The van der Waals surface area contributed by atoms with Crippen molar-refractivity contribution in [1.29, 1.82) is 0 Å². The zero-order valence-corrected chi connectivity index (χ0v) is 11.2. The fraction of sp³-hybridized carbons (Fsp3) is 0.600. The smallest absolute Gasteiger partial charge is 0.0871 e. The number of hydrogen-bond donors (Lipinski definition) is 1. The van der Waals surface area contributed by atoms with Gasteiger partial charge in [-0.2, -0.15) is 0 Å². The van der Waals surface area contributed by atoms with Gasteiger partial charge in [-0.05, 0) is 38.7 Å². The molecule has 0 aliphatic heterocycles. The highest BCUT2D eigenvalue weighted by molar-refractivity contribution is 5.32. The Kier molecular flexibility index (Phi) is 4.15. The van der Waals surface area contributed by atoms with Crippen LogP contribution in [0, 0.1) is 19.8 Å². The first-order valence-electron chi connectivity index (χ1n) is 6.16. The summed E-state index contributed by atoms with van der Waals surface area (Å²) >= 11 is 0. The van der Waals surface area contributed by atoms with E-state index in [1.54, 1.807) is 0 Å². The fourth-order valence-corrected chi connectivity index (χ4v) is 2.23. The highest BCUT2D eigenvalue weighted by Crippen LogP contribution is 2.30. The monoisotopic (exact) mass is 220 g/mol. The van der Waals surface area contributed by atoms with Crippen LogP contribution < -0.4 is 0 Å². The summed E-state index contributed by atoms with van der Waals surface area (Å²) in [5.74, 6) is 0.552. The van der Waals surface area contributed by atoms with Crippen LogP contribution in [-0.4, -0.2) is 5.11 Å². The maximum absolute atomic E-state index is 10.5. The van der Waals surface area contributed by atoms with Crippen molar-refractivity contribution in [3.05, 3.63) is 34.9 Å². The van der Waals surface area contributed by atoms with Crippen LogP contribution in [0.15, 0.2) is 18.2 Å². The molecule has 1 aromatic rings. The molecule has 2 unspecified atom stereocenters. The summed E-state index contributed by atoms with van der Waals surface area (Å²) in [6, 6.07) is 6.33. The second kappa shape index (κ2) is 5.01. The lowest BCUT2D eigenvalue weighted by Crippen LogP contribution is -2.24. The van der Waals surface area contributed by atoms with E-state index >= 15 is 0 Å². The topological polar surface area (TPSA) is 20.2 Å². The number of benzene rings is 1. The molecule has 0 amide bonds. The summed E-state index contributed by atoms with van der Waals surface area (Å²) in [6.07, 6.45) is 1.94. The minimum absolute atomic E-state index is 0.552. The normalized spacial score (nSPS) is 16.9. The van der Waals surface area contributed by atoms with E-state index in [9.17, 15) is 5.11 Å². The highest BCUT2D eigenvalue weighted by atomic mass is 16.3. The van der Waals surface area contributed by atoms with Crippen LogP contribution in [0.5, 0.6) is 0 Å². The minimum Gasteiger partial charge on any atom is -0.385 e. The van der Waals surface area contributed by atoms with E-state index in [-0.39, 0.29) is 0 Å². The van der Waals surface area contributed by atoms with Crippen LogP contribution in [0.2, 0.25) is 0 Å². The molecule has 0 heterocycles. The van der Waals surface area contributed by atoms with Crippen molar-refractivity contribution in [2.24, 2.45) is 5.92 Å². The van der Waals surface area contributed by atoms with E-state index in [2.05, 4.69) is 45.9 Å². The third kappa shape index (κ3) is 3.34. The first-order chi connectivity index (χ1) is 7.35. The molecule has 0 aliphatic carbocycles. The van der Waals surface area contributed by atoms with Gasteiger partial charge in [0.2, 0.25) is 0 Å². The lowest BCUT2D eigenvalue weighted by molar-refractivity contribution is 0.0318. The van der Waals surface area contributed by atoms with E-state index in [0.717, 1.165) is 18.4 Å². The van der Waals surface area contributed by atoms with Gasteiger partial charge in [0.25, 0.3) is 0 Å². The molecular weight excluding hydrogens is 196 g/mol. The van der Waals surface area contributed by atoms with Gasteiger partial charge in [0.05, 0.1) is 5.60 Å². The molecule has 0 aliphatic rings. The highest BCUT2D eigenvalue weighted by Gasteiger charge is 2.25. The van der Waals surface area contributed by atoms with Crippen LogP contribution in [0.4, 0.5) is 0 Å². The third-order valence-corrected chi connectivity index (χ3v) is 3.29. The van der Waals surface area contributed by atoms with E-state index < -0.39 is 5.60 Å². The Bertz CT molecular complexity index is 332. The molecule has 0 radical (unpaired) electrons. The Balaban J connectivity index is 2.96. The third-order valence-electron chi connectivity index (χ3n) is 3.29. The standard InChI is InChI=1S/C15H24O/c1-6-11(2)10-15(5,16)14-8-12(3)7-13(4)9-14/h7-9,11,16H,6,10H2,1-5H3. The Hall–Kier alpha value is -0.820. The molecule has 0 bridgehead atoms. The van der Waals surface area contributed by atoms with Crippen molar-refractivity contribution in [3.63, 3.8) is 0 Å². The Morgan fingerprint density at radius 2 is 1.69 bits per heavy atom. The van der Waals surface area contributed by atoms with Gasteiger partial charge in [0.1, 0.15) is 0 Å². The molecule has 0 aromatic heterocycles. The van der Waals surface area contributed by atoms with Crippen LogP contribution in [0.3, 0.4) is 0 Å². The molecule has 0 saturated carbocycles. The SMILES string of the molecule is CCC(C)CC(C)(O)c1cc(C)cc(C)c1. The largest absolute Gasteiger partial charge is 0.385 e. The molecular formula is C15H24O. The summed E-state index contributed by atoms with van der Waals surface area (Å²) in [5, 5.41) is 10.5. The zero-order chi connectivity index (χ0) is 12.3. The second-order valence-corrected chi connectivity index (χ2v) is 5.37. The summed E-state index contributed by atoms with van der Waals surface area (Å²) in [6.45, 7) is 10.4. The predicted molar refractivity (Wildman–Crippen MR) is 69.6 cm³/mol. The molecule has 0 spiro atoms. The van der Waals surface area contributed by atoms with Crippen molar-refractivity contribution in [2.45, 2.75) is 53.1 Å². The van der Waals surface area contributed by atoms with Gasteiger partial charge in [-0.25, -0.2) is 0 Å². The van der Waals surface area contributed by atoms with Gasteiger partial charge >= 0.3 is 0 Å². The van der Waals surface area contributed by atoms with Crippen molar-refractivity contribution in [3.8, 4) is 0 Å². The molecule has 2 atom stereocenters. The Morgan fingerprint density at radius 1 is 1.19 bits per heavy atom. The Labute approximate surface area is 99.5 Å². The van der Waals surface area contributed by atoms with E-state index in [1.165, 1.54) is 11.1 Å². The summed E-state index contributed by atoms with van der Waals surface area (Å²) in [7, 11) is 0. The number of rotatable bonds is 4. The molecule has 90 valence electrons. The maximum Gasteiger partial charge on any atom is 0.0871 e. The molecule has 0 saturated heterocycles. The van der Waals surface area contributed by atoms with Crippen molar-refractivity contribution in [1.82, 2.24) is 0 Å². The molecule has 0 fully saturated rings. The minimum atomic E-state index is -0.702. The van der Waals surface area contributed by atoms with Crippen LogP contribution in [0.25, 0.3) is 0 Å². The molecule has 16 heavy (non-hydrogen) atoms. The number of aryl methyl sites for hydroxylation is 2. The Morgan fingerprint density at radius 3 is 2.12 bits per heavy atom. The summed E-state index contributed by atoms with van der Waals surface area (Å²) < 4.78 is 0. The average molecular weight is 220 g/mol.